The van der Waals surface area contributed by atoms with E-state index in [1.54, 1.807) is 12.4 Å². The lowest BCUT2D eigenvalue weighted by Gasteiger charge is -2.12. The number of aryl methyl sites for hydroxylation is 2. The van der Waals surface area contributed by atoms with E-state index in [4.69, 9.17) is 0 Å². The molecular weight excluding hydrogens is 294 g/mol. The molecule has 0 radical (unpaired) electrons. The third-order valence-electron chi connectivity index (χ3n) is 4.34. The highest BCUT2D eigenvalue weighted by Crippen LogP contribution is 2.34. The van der Waals surface area contributed by atoms with Gasteiger partial charge in [0.2, 0.25) is 5.69 Å². The highest BCUT2D eigenvalue weighted by molar-refractivity contribution is 5.99. The Labute approximate surface area is 141 Å². The Bertz CT molecular complexity index is 1020. The van der Waals surface area contributed by atoms with Crippen LogP contribution in [0.1, 0.15) is 5.56 Å². The molecule has 0 N–H and O–H groups in total. The normalized spacial score (nSPS) is 10.9. The van der Waals surface area contributed by atoms with Crippen LogP contribution in [0.5, 0.6) is 0 Å². The number of nitrogens with zero attached hydrogens (tertiary/aromatic N) is 3. The summed E-state index contributed by atoms with van der Waals surface area (Å²) in [5.74, 6) is 0.753. The molecule has 0 saturated heterocycles. The summed E-state index contributed by atoms with van der Waals surface area (Å²) in [6.07, 6.45) is 5.76. The molecule has 3 nitrogen and oxygen atoms in total. The van der Waals surface area contributed by atoms with E-state index in [0.29, 0.717) is 0 Å². The summed E-state index contributed by atoms with van der Waals surface area (Å²) in [4.78, 5) is 9.06. The summed E-state index contributed by atoms with van der Waals surface area (Å²) in [6, 6.07) is 18.7. The maximum absolute atomic E-state index is 4.53. The molecule has 0 atom stereocenters. The van der Waals surface area contributed by atoms with Gasteiger partial charge in [-0.2, -0.15) is 4.57 Å². The van der Waals surface area contributed by atoms with Gasteiger partial charge in [0.05, 0.1) is 5.56 Å². The Morgan fingerprint density at radius 1 is 0.833 bits per heavy atom. The Hall–Kier alpha value is -3.07. The average Bonchev–Trinajstić information content (AvgIpc) is 2.62. The molecule has 2 aromatic heterocycles. The van der Waals surface area contributed by atoms with Crippen LogP contribution in [-0.2, 0) is 7.05 Å². The van der Waals surface area contributed by atoms with Crippen molar-refractivity contribution in [1.82, 2.24) is 9.97 Å². The summed E-state index contributed by atoms with van der Waals surface area (Å²) in [7, 11) is 2.08. The van der Waals surface area contributed by atoms with E-state index in [1.165, 1.54) is 21.9 Å². The molecule has 4 aromatic rings. The Balaban J connectivity index is 2.17. The van der Waals surface area contributed by atoms with E-state index in [9.17, 15) is 0 Å². The van der Waals surface area contributed by atoms with E-state index in [0.717, 1.165) is 17.1 Å². The highest BCUT2D eigenvalue weighted by atomic mass is 14.9. The van der Waals surface area contributed by atoms with Crippen LogP contribution in [0.25, 0.3) is 33.4 Å². The van der Waals surface area contributed by atoms with Crippen LogP contribution in [0.2, 0.25) is 0 Å². The minimum Gasteiger partial charge on any atom is -0.236 e. The standard InChI is InChI=1S/C21H18N3/c1-15-8-3-5-10-17(15)20-19(21-22-12-7-13-23-21)18-11-6-4-9-16(18)14-24(20)2/h3-14H,1-2H3/q+1. The van der Waals surface area contributed by atoms with Crippen LogP contribution in [0, 0.1) is 6.92 Å². The van der Waals surface area contributed by atoms with Crippen LogP contribution >= 0.6 is 0 Å². The molecule has 116 valence electrons. The fourth-order valence-corrected chi connectivity index (χ4v) is 3.23. The van der Waals surface area contributed by atoms with Crippen molar-refractivity contribution in [3.05, 3.63) is 78.8 Å². The zero-order valence-electron chi connectivity index (χ0n) is 13.8. The first-order valence-corrected chi connectivity index (χ1v) is 8.00. The summed E-state index contributed by atoms with van der Waals surface area (Å²) in [5.41, 5.74) is 4.65. The predicted octanol–water partition coefficient (Wildman–Crippen LogP) is 4.10. The lowest BCUT2D eigenvalue weighted by Crippen LogP contribution is -2.31. The first-order chi connectivity index (χ1) is 11.8. The van der Waals surface area contributed by atoms with Gasteiger partial charge in [0.25, 0.3) is 0 Å². The number of aromatic nitrogens is 3. The smallest absolute Gasteiger partial charge is 0.224 e. The van der Waals surface area contributed by atoms with Gasteiger partial charge in [0.15, 0.2) is 12.0 Å². The Morgan fingerprint density at radius 2 is 1.54 bits per heavy atom. The number of hydrogen-bond donors (Lipinski definition) is 0. The van der Waals surface area contributed by atoms with Gasteiger partial charge >= 0.3 is 0 Å². The third-order valence-corrected chi connectivity index (χ3v) is 4.34. The maximum atomic E-state index is 4.53. The van der Waals surface area contributed by atoms with E-state index in [2.05, 4.69) is 83.2 Å². The predicted molar refractivity (Wildman–Crippen MR) is 96.3 cm³/mol. The second-order valence-electron chi connectivity index (χ2n) is 5.94. The molecule has 0 fully saturated rings. The zero-order valence-corrected chi connectivity index (χ0v) is 13.8. The second kappa shape index (κ2) is 5.85. The lowest BCUT2D eigenvalue weighted by molar-refractivity contribution is -0.658. The Morgan fingerprint density at radius 3 is 2.33 bits per heavy atom. The van der Waals surface area contributed by atoms with E-state index in [1.807, 2.05) is 6.07 Å². The molecule has 3 heteroatoms. The monoisotopic (exact) mass is 312 g/mol. The van der Waals surface area contributed by atoms with Crippen molar-refractivity contribution in [1.29, 1.82) is 0 Å². The number of pyridine rings is 1. The molecule has 4 rings (SSSR count). The minimum atomic E-state index is 0.753. The SMILES string of the molecule is Cc1ccccc1-c1c(-c2ncccn2)c2ccccc2c[n+]1C. The number of fused-ring (bicyclic) bond motifs is 1. The first kappa shape index (κ1) is 14.5. The van der Waals surface area contributed by atoms with Crippen molar-refractivity contribution in [3.8, 4) is 22.6 Å². The summed E-state index contributed by atoms with van der Waals surface area (Å²) in [5, 5.41) is 2.35. The van der Waals surface area contributed by atoms with Gasteiger partial charge in [-0.15, -0.1) is 0 Å². The molecule has 0 unspecified atom stereocenters. The van der Waals surface area contributed by atoms with Gasteiger partial charge in [-0.1, -0.05) is 36.4 Å². The van der Waals surface area contributed by atoms with Crippen LogP contribution in [-0.4, -0.2) is 9.97 Å². The highest BCUT2D eigenvalue weighted by Gasteiger charge is 2.24. The second-order valence-corrected chi connectivity index (χ2v) is 5.94. The third kappa shape index (κ3) is 2.35. The van der Waals surface area contributed by atoms with Crippen LogP contribution < -0.4 is 4.57 Å². The van der Waals surface area contributed by atoms with Crippen molar-refractivity contribution in [2.24, 2.45) is 7.05 Å². The average molecular weight is 312 g/mol. The lowest BCUT2D eigenvalue weighted by atomic mass is 9.96. The van der Waals surface area contributed by atoms with Crippen molar-refractivity contribution in [2.75, 3.05) is 0 Å². The first-order valence-electron chi connectivity index (χ1n) is 8.00. The molecule has 0 bridgehead atoms. The van der Waals surface area contributed by atoms with Gasteiger partial charge in [-0.05, 0) is 30.7 Å². The number of benzene rings is 2. The topological polar surface area (TPSA) is 29.7 Å². The van der Waals surface area contributed by atoms with Gasteiger partial charge in [0, 0.05) is 28.7 Å². The van der Waals surface area contributed by atoms with Gasteiger partial charge in [0.1, 0.15) is 7.05 Å². The molecular formula is C21H18N3+. The fraction of sp³-hybridized carbons (Fsp3) is 0.0952. The van der Waals surface area contributed by atoms with Crippen LogP contribution in [0.15, 0.2) is 73.2 Å². The van der Waals surface area contributed by atoms with E-state index >= 15 is 0 Å². The molecule has 2 aromatic carbocycles. The molecule has 2 heterocycles. The largest absolute Gasteiger partial charge is 0.236 e. The van der Waals surface area contributed by atoms with Crippen LogP contribution in [0.4, 0.5) is 0 Å². The van der Waals surface area contributed by atoms with Crippen molar-refractivity contribution < 1.29 is 4.57 Å². The fourth-order valence-electron chi connectivity index (χ4n) is 3.23. The zero-order chi connectivity index (χ0) is 16.5. The van der Waals surface area contributed by atoms with Crippen molar-refractivity contribution in [2.45, 2.75) is 6.92 Å². The van der Waals surface area contributed by atoms with Gasteiger partial charge in [-0.3, -0.25) is 0 Å². The maximum Gasteiger partial charge on any atom is 0.224 e. The van der Waals surface area contributed by atoms with Gasteiger partial charge < -0.3 is 0 Å². The summed E-state index contributed by atoms with van der Waals surface area (Å²) in [6.45, 7) is 2.14. The van der Waals surface area contributed by atoms with E-state index in [-0.39, 0.29) is 0 Å². The molecule has 0 aliphatic heterocycles. The van der Waals surface area contributed by atoms with Crippen molar-refractivity contribution in [3.63, 3.8) is 0 Å². The van der Waals surface area contributed by atoms with Crippen LogP contribution in [0.3, 0.4) is 0 Å². The number of rotatable bonds is 2. The van der Waals surface area contributed by atoms with Crippen molar-refractivity contribution >= 4 is 10.8 Å². The quantitative estimate of drug-likeness (QED) is 0.522. The molecule has 24 heavy (non-hydrogen) atoms. The molecule has 0 spiro atoms. The van der Waals surface area contributed by atoms with Gasteiger partial charge in [-0.25, -0.2) is 9.97 Å². The minimum absolute atomic E-state index is 0.753. The number of hydrogen-bond acceptors (Lipinski definition) is 2. The van der Waals surface area contributed by atoms with E-state index < -0.39 is 0 Å². The Kier molecular flexibility index (Phi) is 3.54. The molecule has 0 saturated carbocycles. The summed E-state index contributed by atoms with van der Waals surface area (Å²) < 4.78 is 2.18. The molecule has 0 aliphatic rings. The molecule has 0 amide bonds. The summed E-state index contributed by atoms with van der Waals surface area (Å²) >= 11 is 0. The molecule has 0 aliphatic carbocycles.